The SMILES string of the molecule is Cc1ccc([C@H](NCC(=O)N[C@H](C)c2cccs2)c2cccs2)cc1. The van der Waals surface area contributed by atoms with Crippen LogP contribution in [0.3, 0.4) is 0 Å². The summed E-state index contributed by atoms with van der Waals surface area (Å²) in [6.45, 7) is 4.38. The van der Waals surface area contributed by atoms with Crippen molar-refractivity contribution in [3.05, 3.63) is 80.2 Å². The van der Waals surface area contributed by atoms with Crippen LogP contribution in [0.1, 0.15) is 39.9 Å². The molecule has 0 aliphatic carbocycles. The van der Waals surface area contributed by atoms with Crippen LogP contribution in [-0.4, -0.2) is 12.5 Å². The lowest BCUT2D eigenvalue weighted by Crippen LogP contribution is -2.37. The predicted molar refractivity (Wildman–Crippen MR) is 106 cm³/mol. The maximum Gasteiger partial charge on any atom is 0.234 e. The fraction of sp³-hybridized carbons (Fsp3) is 0.250. The minimum atomic E-state index is 0.00886. The molecule has 0 spiro atoms. The van der Waals surface area contributed by atoms with Gasteiger partial charge in [0.1, 0.15) is 0 Å². The smallest absolute Gasteiger partial charge is 0.234 e. The highest BCUT2D eigenvalue weighted by molar-refractivity contribution is 7.10. The zero-order chi connectivity index (χ0) is 17.6. The Morgan fingerprint density at radius 2 is 1.64 bits per heavy atom. The summed E-state index contributed by atoms with van der Waals surface area (Å²) >= 11 is 3.36. The zero-order valence-electron chi connectivity index (χ0n) is 14.4. The molecule has 0 bridgehead atoms. The van der Waals surface area contributed by atoms with Crippen LogP contribution >= 0.6 is 22.7 Å². The van der Waals surface area contributed by atoms with E-state index in [0.29, 0.717) is 0 Å². The molecular formula is C20H22N2OS2. The van der Waals surface area contributed by atoms with E-state index in [4.69, 9.17) is 0 Å². The molecular weight excluding hydrogens is 348 g/mol. The van der Waals surface area contributed by atoms with E-state index in [0.717, 1.165) is 0 Å². The summed E-state index contributed by atoms with van der Waals surface area (Å²) in [5, 5.41) is 10.6. The molecule has 0 unspecified atom stereocenters. The first kappa shape index (κ1) is 17.9. The van der Waals surface area contributed by atoms with Crippen molar-refractivity contribution >= 4 is 28.6 Å². The molecule has 1 amide bonds. The summed E-state index contributed by atoms with van der Waals surface area (Å²) in [7, 11) is 0. The Morgan fingerprint density at radius 3 is 2.24 bits per heavy atom. The number of hydrogen-bond acceptors (Lipinski definition) is 4. The Kier molecular flexibility index (Phi) is 6.02. The molecule has 0 aliphatic rings. The van der Waals surface area contributed by atoms with Gasteiger partial charge < -0.3 is 5.32 Å². The molecule has 2 aromatic heterocycles. The van der Waals surface area contributed by atoms with Crippen molar-refractivity contribution in [1.29, 1.82) is 0 Å². The van der Waals surface area contributed by atoms with Crippen LogP contribution in [0.15, 0.2) is 59.3 Å². The van der Waals surface area contributed by atoms with Gasteiger partial charge >= 0.3 is 0 Å². The molecule has 25 heavy (non-hydrogen) atoms. The quantitative estimate of drug-likeness (QED) is 0.634. The largest absolute Gasteiger partial charge is 0.348 e. The van der Waals surface area contributed by atoms with Gasteiger partial charge in [0.15, 0.2) is 0 Å². The summed E-state index contributed by atoms with van der Waals surface area (Å²) in [5.41, 5.74) is 2.41. The maximum atomic E-state index is 12.3. The van der Waals surface area contributed by atoms with Crippen molar-refractivity contribution in [1.82, 2.24) is 10.6 Å². The molecule has 2 heterocycles. The summed E-state index contributed by atoms with van der Waals surface area (Å²) in [5.74, 6) is 0.00886. The van der Waals surface area contributed by atoms with E-state index in [-0.39, 0.29) is 24.5 Å². The molecule has 1 aromatic carbocycles. The number of aryl methyl sites for hydroxylation is 1. The van der Waals surface area contributed by atoms with Crippen molar-refractivity contribution in [2.75, 3.05) is 6.54 Å². The second-order valence-electron chi connectivity index (χ2n) is 6.04. The Hall–Kier alpha value is -1.95. The van der Waals surface area contributed by atoms with Crippen LogP contribution in [0, 0.1) is 6.92 Å². The topological polar surface area (TPSA) is 41.1 Å². The number of carbonyl (C=O) groups is 1. The van der Waals surface area contributed by atoms with E-state index in [1.807, 2.05) is 30.5 Å². The molecule has 130 valence electrons. The summed E-state index contributed by atoms with van der Waals surface area (Å²) in [4.78, 5) is 14.7. The highest BCUT2D eigenvalue weighted by atomic mass is 32.1. The molecule has 5 heteroatoms. The first-order valence-electron chi connectivity index (χ1n) is 8.29. The molecule has 0 aliphatic heterocycles. The second-order valence-corrected chi connectivity index (χ2v) is 8.00. The molecule has 2 N–H and O–H groups in total. The van der Waals surface area contributed by atoms with Crippen LogP contribution in [0.5, 0.6) is 0 Å². The maximum absolute atomic E-state index is 12.3. The van der Waals surface area contributed by atoms with E-state index in [1.54, 1.807) is 22.7 Å². The van der Waals surface area contributed by atoms with Gasteiger partial charge in [-0.3, -0.25) is 10.1 Å². The van der Waals surface area contributed by atoms with Gasteiger partial charge in [0.25, 0.3) is 0 Å². The zero-order valence-corrected chi connectivity index (χ0v) is 16.0. The summed E-state index contributed by atoms with van der Waals surface area (Å²) in [6, 6.07) is 16.7. The van der Waals surface area contributed by atoms with Crippen molar-refractivity contribution in [2.45, 2.75) is 25.9 Å². The van der Waals surface area contributed by atoms with Gasteiger partial charge in [-0.25, -0.2) is 0 Å². The molecule has 2 atom stereocenters. The molecule has 3 rings (SSSR count). The predicted octanol–water partition coefficient (Wildman–Crippen LogP) is 4.67. The van der Waals surface area contributed by atoms with E-state index >= 15 is 0 Å². The normalized spacial score (nSPS) is 13.4. The average Bonchev–Trinajstić information content (AvgIpc) is 3.30. The number of rotatable bonds is 7. The third-order valence-electron chi connectivity index (χ3n) is 4.05. The minimum absolute atomic E-state index is 0.00886. The molecule has 3 nitrogen and oxygen atoms in total. The van der Waals surface area contributed by atoms with Crippen LogP contribution < -0.4 is 10.6 Å². The van der Waals surface area contributed by atoms with E-state index in [2.05, 4.69) is 53.3 Å². The van der Waals surface area contributed by atoms with Gasteiger partial charge in [0.05, 0.1) is 18.6 Å². The molecule has 0 saturated heterocycles. The summed E-state index contributed by atoms with van der Waals surface area (Å²) in [6.07, 6.45) is 0. The molecule has 0 radical (unpaired) electrons. The number of nitrogens with one attached hydrogen (secondary N) is 2. The molecule has 3 aromatic rings. The lowest BCUT2D eigenvalue weighted by Gasteiger charge is -2.19. The van der Waals surface area contributed by atoms with Crippen LogP contribution in [0.25, 0.3) is 0 Å². The van der Waals surface area contributed by atoms with Crippen LogP contribution in [-0.2, 0) is 4.79 Å². The minimum Gasteiger partial charge on any atom is -0.348 e. The Balaban J connectivity index is 1.64. The van der Waals surface area contributed by atoms with E-state index < -0.39 is 0 Å². The van der Waals surface area contributed by atoms with E-state index in [9.17, 15) is 4.79 Å². The first-order valence-corrected chi connectivity index (χ1v) is 10.1. The van der Waals surface area contributed by atoms with Crippen LogP contribution in [0.4, 0.5) is 0 Å². The summed E-state index contributed by atoms with van der Waals surface area (Å²) < 4.78 is 0. The van der Waals surface area contributed by atoms with Crippen molar-refractivity contribution in [2.24, 2.45) is 0 Å². The fourth-order valence-corrected chi connectivity index (χ4v) is 4.25. The van der Waals surface area contributed by atoms with Crippen molar-refractivity contribution in [3.63, 3.8) is 0 Å². The Bertz CT molecular complexity index is 780. The first-order chi connectivity index (χ1) is 12.1. The second kappa shape index (κ2) is 8.43. The standard InChI is InChI=1S/C20H22N2OS2/c1-14-7-9-16(10-8-14)20(18-6-4-12-25-18)21-13-19(23)22-15(2)17-5-3-11-24-17/h3-12,15,20-21H,13H2,1-2H3,(H,22,23)/t15-,20+/m1/s1. The van der Waals surface area contributed by atoms with Crippen LogP contribution in [0.2, 0.25) is 0 Å². The third kappa shape index (κ3) is 4.78. The van der Waals surface area contributed by atoms with Crippen molar-refractivity contribution in [3.8, 4) is 0 Å². The van der Waals surface area contributed by atoms with Gasteiger partial charge in [-0.2, -0.15) is 0 Å². The van der Waals surface area contributed by atoms with E-state index in [1.165, 1.54) is 20.9 Å². The average molecular weight is 371 g/mol. The van der Waals surface area contributed by atoms with Gasteiger partial charge in [-0.1, -0.05) is 42.0 Å². The number of amides is 1. The Labute approximate surface area is 156 Å². The van der Waals surface area contributed by atoms with Crippen molar-refractivity contribution < 1.29 is 4.79 Å². The number of benzene rings is 1. The monoisotopic (exact) mass is 370 g/mol. The highest BCUT2D eigenvalue weighted by Crippen LogP contribution is 2.26. The van der Waals surface area contributed by atoms with Gasteiger partial charge in [-0.05, 0) is 42.3 Å². The lowest BCUT2D eigenvalue weighted by molar-refractivity contribution is -0.120. The Morgan fingerprint density at radius 1 is 1.00 bits per heavy atom. The van der Waals surface area contributed by atoms with Gasteiger partial charge in [-0.15, -0.1) is 22.7 Å². The lowest BCUT2D eigenvalue weighted by atomic mass is 10.0. The third-order valence-corrected chi connectivity index (χ3v) is 6.04. The fourth-order valence-electron chi connectivity index (χ4n) is 2.69. The molecule has 0 fully saturated rings. The number of hydrogen-bond donors (Lipinski definition) is 2. The number of thiophene rings is 2. The highest BCUT2D eigenvalue weighted by Gasteiger charge is 2.17. The molecule has 0 saturated carbocycles. The van der Waals surface area contributed by atoms with Gasteiger partial charge in [0, 0.05) is 9.75 Å². The number of carbonyl (C=O) groups excluding carboxylic acids is 1. The van der Waals surface area contributed by atoms with Gasteiger partial charge in [0.2, 0.25) is 5.91 Å².